The number of carbonyl (C=O) groups excluding carboxylic acids is 2. The van der Waals surface area contributed by atoms with E-state index in [9.17, 15) is 22.4 Å². The summed E-state index contributed by atoms with van der Waals surface area (Å²) in [6, 6.07) is 18.0. The number of amides is 2. The van der Waals surface area contributed by atoms with E-state index >= 15 is 0 Å². The minimum atomic E-state index is -4.24. The van der Waals surface area contributed by atoms with E-state index in [4.69, 9.17) is 0 Å². The SMILES string of the molecule is CCCCNC(=O)C(C)N(Cc1cccc(C)c1)C(=O)CN(c1ccc(C)cc1)S(=O)(=O)c1ccc(F)cc1. The molecule has 0 heterocycles. The van der Waals surface area contributed by atoms with Crippen LogP contribution in [0.2, 0.25) is 0 Å². The molecule has 0 radical (unpaired) electrons. The van der Waals surface area contributed by atoms with Crippen molar-refractivity contribution in [2.45, 2.75) is 58.0 Å². The van der Waals surface area contributed by atoms with Crippen molar-refractivity contribution in [1.29, 1.82) is 0 Å². The molecule has 1 atom stereocenters. The second-order valence-electron chi connectivity index (χ2n) is 9.63. The molecule has 0 bridgehead atoms. The molecule has 2 amide bonds. The summed E-state index contributed by atoms with van der Waals surface area (Å²) in [7, 11) is -4.24. The van der Waals surface area contributed by atoms with Crippen LogP contribution in [0.4, 0.5) is 10.1 Å². The van der Waals surface area contributed by atoms with E-state index in [1.165, 1.54) is 17.0 Å². The summed E-state index contributed by atoms with van der Waals surface area (Å²) in [5.41, 5.74) is 3.02. The van der Waals surface area contributed by atoms with Crippen LogP contribution in [0.3, 0.4) is 0 Å². The highest BCUT2D eigenvalue weighted by atomic mass is 32.2. The summed E-state index contributed by atoms with van der Waals surface area (Å²) in [5.74, 6) is -1.42. The van der Waals surface area contributed by atoms with Gasteiger partial charge in [-0.25, -0.2) is 12.8 Å². The topological polar surface area (TPSA) is 86.8 Å². The predicted octanol–water partition coefficient (Wildman–Crippen LogP) is 4.97. The number of sulfonamides is 1. The third kappa shape index (κ3) is 7.89. The number of nitrogens with one attached hydrogen (secondary N) is 1. The lowest BCUT2D eigenvalue weighted by molar-refractivity contribution is -0.139. The van der Waals surface area contributed by atoms with Crippen LogP contribution in [-0.4, -0.2) is 44.3 Å². The minimum Gasteiger partial charge on any atom is -0.354 e. The third-order valence-electron chi connectivity index (χ3n) is 6.43. The van der Waals surface area contributed by atoms with Crippen LogP contribution < -0.4 is 9.62 Å². The highest BCUT2D eigenvalue weighted by Gasteiger charge is 2.32. The lowest BCUT2D eigenvalue weighted by Gasteiger charge is -2.32. The van der Waals surface area contributed by atoms with Crippen molar-refractivity contribution in [3.63, 3.8) is 0 Å². The van der Waals surface area contributed by atoms with Gasteiger partial charge in [0, 0.05) is 13.1 Å². The standard InChI is InChI=1S/C30H36FN3O4S/c1-5-6-18-32-30(36)24(4)33(20-25-9-7-8-23(3)19-25)29(35)21-34(27-14-10-22(2)11-15-27)39(37,38)28-16-12-26(31)13-17-28/h7-17,19,24H,5-6,18,20-21H2,1-4H3,(H,32,36). The molecule has 9 heteroatoms. The van der Waals surface area contributed by atoms with Gasteiger partial charge in [0.2, 0.25) is 11.8 Å². The largest absolute Gasteiger partial charge is 0.354 e. The van der Waals surface area contributed by atoms with Crippen molar-refractivity contribution < 1.29 is 22.4 Å². The van der Waals surface area contributed by atoms with Gasteiger partial charge in [-0.2, -0.15) is 0 Å². The van der Waals surface area contributed by atoms with Gasteiger partial charge in [-0.1, -0.05) is 60.9 Å². The highest BCUT2D eigenvalue weighted by molar-refractivity contribution is 7.92. The Bertz CT molecular complexity index is 1380. The Morgan fingerprint density at radius 2 is 1.62 bits per heavy atom. The molecule has 0 aliphatic heterocycles. The van der Waals surface area contributed by atoms with Gasteiger partial charge >= 0.3 is 0 Å². The van der Waals surface area contributed by atoms with Crippen LogP contribution in [0, 0.1) is 19.7 Å². The molecule has 7 nitrogen and oxygen atoms in total. The summed E-state index contributed by atoms with van der Waals surface area (Å²) >= 11 is 0. The normalized spacial score (nSPS) is 12.0. The van der Waals surface area contributed by atoms with Crippen LogP contribution in [0.15, 0.2) is 77.7 Å². The van der Waals surface area contributed by atoms with Crippen molar-refractivity contribution >= 4 is 27.5 Å². The Morgan fingerprint density at radius 3 is 2.23 bits per heavy atom. The molecule has 3 aromatic carbocycles. The van der Waals surface area contributed by atoms with Crippen LogP contribution in [0.5, 0.6) is 0 Å². The van der Waals surface area contributed by atoms with Crippen molar-refractivity contribution in [1.82, 2.24) is 10.2 Å². The van der Waals surface area contributed by atoms with E-state index in [-0.39, 0.29) is 23.0 Å². The molecule has 208 valence electrons. The van der Waals surface area contributed by atoms with E-state index in [0.29, 0.717) is 6.54 Å². The molecule has 1 N–H and O–H groups in total. The van der Waals surface area contributed by atoms with Gasteiger partial charge in [0.1, 0.15) is 18.4 Å². The zero-order chi connectivity index (χ0) is 28.6. The zero-order valence-corrected chi connectivity index (χ0v) is 23.7. The molecule has 0 saturated carbocycles. The molecule has 0 spiro atoms. The van der Waals surface area contributed by atoms with Gasteiger partial charge in [0.05, 0.1) is 10.6 Å². The maximum atomic E-state index is 13.9. The summed E-state index contributed by atoms with van der Waals surface area (Å²) in [4.78, 5) is 28.1. The summed E-state index contributed by atoms with van der Waals surface area (Å²) in [6.07, 6.45) is 1.72. The van der Waals surface area contributed by atoms with E-state index in [1.807, 2.05) is 45.0 Å². The average molecular weight is 554 g/mol. The maximum absolute atomic E-state index is 13.9. The summed E-state index contributed by atoms with van der Waals surface area (Å²) in [5, 5.41) is 2.87. The molecule has 0 aliphatic rings. The first kappa shape index (κ1) is 29.8. The fourth-order valence-corrected chi connectivity index (χ4v) is 5.51. The number of nitrogens with zero attached hydrogens (tertiary/aromatic N) is 2. The van der Waals surface area contributed by atoms with Gasteiger partial charge in [-0.05, 0) is 69.2 Å². The monoisotopic (exact) mass is 553 g/mol. The second-order valence-corrected chi connectivity index (χ2v) is 11.5. The molecule has 0 aliphatic carbocycles. The van der Waals surface area contributed by atoms with E-state index in [0.717, 1.165) is 46.0 Å². The number of halogens is 1. The van der Waals surface area contributed by atoms with Crippen molar-refractivity contribution in [3.8, 4) is 0 Å². The summed E-state index contributed by atoms with van der Waals surface area (Å²) in [6.45, 7) is 7.54. The Labute approximate surface area is 230 Å². The highest BCUT2D eigenvalue weighted by Crippen LogP contribution is 2.25. The number of aryl methyl sites for hydroxylation is 2. The number of benzene rings is 3. The molecule has 3 rings (SSSR count). The quantitative estimate of drug-likeness (QED) is 0.321. The Kier molecular flexibility index (Phi) is 10.2. The smallest absolute Gasteiger partial charge is 0.264 e. The first-order valence-corrected chi connectivity index (χ1v) is 14.4. The number of unbranched alkanes of at least 4 members (excludes halogenated alkanes) is 1. The zero-order valence-electron chi connectivity index (χ0n) is 22.9. The van der Waals surface area contributed by atoms with Crippen LogP contribution in [0.25, 0.3) is 0 Å². The first-order chi connectivity index (χ1) is 18.5. The molecule has 0 fully saturated rings. The lowest BCUT2D eigenvalue weighted by Crippen LogP contribution is -2.51. The van der Waals surface area contributed by atoms with Crippen LogP contribution in [0.1, 0.15) is 43.4 Å². The average Bonchev–Trinajstić information content (AvgIpc) is 2.90. The molecule has 0 aromatic heterocycles. The van der Waals surface area contributed by atoms with E-state index in [1.54, 1.807) is 31.2 Å². The third-order valence-corrected chi connectivity index (χ3v) is 8.22. The molecule has 39 heavy (non-hydrogen) atoms. The van der Waals surface area contributed by atoms with Crippen molar-refractivity contribution in [3.05, 3.63) is 95.3 Å². The molecule has 1 unspecified atom stereocenters. The van der Waals surface area contributed by atoms with Gasteiger partial charge in [-0.3, -0.25) is 13.9 Å². The van der Waals surface area contributed by atoms with Crippen molar-refractivity contribution in [2.75, 3.05) is 17.4 Å². The predicted molar refractivity (Wildman–Crippen MR) is 151 cm³/mol. The van der Waals surface area contributed by atoms with Gasteiger partial charge in [0.25, 0.3) is 10.0 Å². The number of carbonyl (C=O) groups is 2. The molecular formula is C30H36FN3O4S. The Morgan fingerprint density at radius 1 is 0.949 bits per heavy atom. The van der Waals surface area contributed by atoms with Crippen molar-refractivity contribution in [2.24, 2.45) is 0 Å². The minimum absolute atomic E-state index is 0.126. The first-order valence-electron chi connectivity index (χ1n) is 13.0. The van der Waals surface area contributed by atoms with Gasteiger partial charge < -0.3 is 10.2 Å². The molecular weight excluding hydrogens is 517 g/mol. The second kappa shape index (κ2) is 13.4. The fourth-order valence-electron chi connectivity index (χ4n) is 4.10. The Balaban J connectivity index is 1.99. The fraction of sp³-hybridized carbons (Fsp3) is 0.333. The molecule has 3 aromatic rings. The van der Waals surface area contributed by atoms with Gasteiger partial charge in [0.15, 0.2) is 0 Å². The number of hydrogen-bond donors (Lipinski definition) is 1. The van der Waals surface area contributed by atoms with Crippen LogP contribution >= 0.6 is 0 Å². The lowest BCUT2D eigenvalue weighted by atomic mass is 10.1. The van der Waals surface area contributed by atoms with Crippen LogP contribution in [-0.2, 0) is 26.2 Å². The number of anilines is 1. The molecule has 0 saturated heterocycles. The number of rotatable bonds is 12. The Hall–Kier alpha value is -3.72. The van der Waals surface area contributed by atoms with Gasteiger partial charge in [-0.15, -0.1) is 0 Å². The maximum Gasteiger partial charge on any atom is 0.264 e. The summed E-state index contributed by atoms with van der Waals surface area (Å²) < 4.78 is 42.0. The number of hydrogen-bond acceptors (Lipinski definition) is 4. The van der Waals surface area contributed by atoms with E-state index in [2.05, 4.69) is 5.32 Å². The van der Waals surface area contributed by atoms with E-state index < -0.39 is 34.3 Å².